The Morgan fingerprint density at radius 1 is 0.800 bits per heavy atom. The van der Waals surface area contributed by atoms with E-state index < -0.39 is 0 Å². The zero-order valence-corrected chi connectivity index (χ0v) is 12.0. The van der Waals surface area contributed by atoms with E-state index in [-0.39, 0.29) is 0 Å². The van der Waals surface area contributed by atoms with E-state index in [0.717, 1.165) is 22.5 Å². The van der Waals surface area contributed by atoms with Crippen LogP contribution in [-0.4, -0.2) is 16.2 Å². The molecule has 0 saturated heterocycles. The normalized spacial score (nSPS) is 10.4. The minimum absolute atomic E-state index is 0.984. The van der Waals surface area contributed by atoms with Crippen LogP contribution in [0.2, 0.25) is 0 Å². The zero-order valence-electron chi connectivity index (χ0n) is 11.2. The summed E-state index contributed by atoms with van der Waals surface area (Å²) in [4.78, 5) is 10.1. The molecule has 2 nitrogen and oxygen atoms in total. The smallest absolute Gasteiger partial charge is 0.0721 e. The Morgan fingerprint density at radius 2 is 1.40 bits per heavy atom. The number of hydrogen-bond donors (Lipinski definition) is 0. The molecule has 2 heterocycles. The lowest BCUT2D eigenvalue weighted by atomic mass is 10.1. The fraction of sp³-hybridized carbons (Fsp3) is 0.0588. The van der Waals surface area contributed by atoms with Gasteiger partial charge in [0.15, 0.2) is 0 Å². The van der Waals surface area contributed by atoms with Crippen molar-refractivity contribution < 1.29 is 0 Å². The van der Waals surface area contributed by atoms with Crippen LogP contribution < -0.4 is 0 Å². The summed E-state index contributed by atoms with van der Waals surface area (Å²) in [6.45, 7) is 0. The number of benzene rings is 1. The number of hydrogen-bond acceptors (Lipinski definition) is 3. The van der Waals surface area contributed by atoms with Crippen LogP contribution in [0.5, 0.6) is 0 Å². The van der Waals surface area contributed by atoms with Crippen molar-refractivity contribution in [2.75, 3.05) is 6.26 Å². The zero-order chi connectivity index (χ0) is 13.8. The molecular weight excluding hydrogens is 264 g/mol. The maximum Gasteiger partial charge on any atom is 0.0721 e. The Kier molecular flexibility index (Phi) is 3.79. The van der Waals surface area contributed by atoms with Crippen molar-refractivity contribution in [2.24, 2.45) is 0 Å². The van der Waals surface area contributed by atoms with E-state index in [1.54, 1.807) is 24.2 Å². The average molecular weight is 278 g/mol. The second-order valence-corrected chi connectivity index (χ2v) is 5.26. The van der Waals surface area contributed by atoms with Gasteiger partial charge in [0.2, 0.25) is 0 Å². The molecule has 0 aliphatic heterocycles. The highest BCUT2D eigenvalue weighted by molar-refractivity contribution is 7.98. The lowest BCUT2D eigenvalue weighted by Gasteiger charge is -2.08. The molecule has 0 aliphatic carbocycles. The van der Waals surface area contributed by atoms with E-state index in [0.29, 0.717) is 0 Å². The van der Waals surface area contributed by atoms with Crippen molar-refractivity contribution in [3.05, 3.63) is 67.0 Å². The predicted molar refractivity (Wildman–Crippen MR) is 84.7 cm³/mol. The van der Waals surface area contributed by atoms with E-state index in [2.05, 4.69) is 35.5 Å². The van der Waals surface area contributed by atoms with Crippen LogP contribution in [-0.2, 0) is 0 Å². The standard InChI is InChI=1S/C17H14N2S/c1-20-15-11-16(13-5-3-2-4-6-13)19-17(12-15)14-7-9-18-10-8-14/h2-12H,1H3. The summed E-state index contributed by atoms with van der Waals surface area (Å²) in [5.74, 6) is 0. The topological polar surface area (TPSA) is 25.8 Å². The predicted octanol–water partition coefficient (Wildman–Crippen LogP) is 4.53. The molecule has 0 saturated carbocycles. The minimum atomic E-state index is 0.984. The highest BCUT2D eigenvalue weighted by Crippen LogP contribution is 2.28. The van der Waals surface area contributed by atoms with Gasteiger partial charge in [-0.25, -0.2) is 4.98 Å². The second-order valence-electron chi connectivity index (χ2n) is 4.38. The van der Waals surface area contributed by atoms with Gasteiger partial charge in [-0.05, 0) is 30.5 Å². The molecule has 3 heteroatoms. The summed E-state index contributed by atoms with van der Waals surface area (Å²) in [5.41, 5.74) is 4.22. The maximum atomic E-state index is 4.78. The van der Waals surface area contributed by atoms with Crippen LogP contribution >= 0.6 is 11.8 Å². The summed E-state index contributed by atoms with van der Waals surface area (Å²) in [6, 6.07) is 18.5. The first-order chi connectivity index (χ1) is 9.86. The summed E-state index contributed by atoms with van der Waals surface area (Å²) in [7, 11) is 0. The largest absolute Gasteiger partial charge is 0.265 e. The third-order valence-corrected chi connectivity index (χ3v) is 3.79. The van der Waals surface area contributed by atoms with E-state index in [9.17, 15) is 0 Å². The molecule has 0 aliphatic rings. The maximum absolute atomic E-state index is 4.78. The van der Waals surface area contributed by atoms with Crippen LogP contribution in [0.15, 0.2) is 71.9 Å². The first-order valence-electron chi connectivity index (χ1n) is 6.39. The highest BCUT2D eigenvalue weighted by Gasteiger charge is 2.06. The summed E-state index contributed by atoms with van der Waals surface area (Å²) < 4.78 is 0. The Morgan fingerprint density at radius 3 is 2.00 bits per heavy atom. The molecule has 0 bridgehead atoms. The van der Waals surface area contributed by atoms with Crippen molar-refractivity contribution in [3.8, 4) is 22.5 Å². The van der Waals surface area contributed by atoms with Gasteiger partial charge in [-0.3, -0.25) is 4.98 Å². The number of pyridine rings is 2. The van der Waals surface area contributed by atoms with Gasteiger partial charge in [0.25, 0.3) is 0 Å². The summed E-state index contributed by atoms with van der Waals surface area (Å²) in [5, 5.41) is 0. The molecule has 2 aromatic heterocycles. The van der Waals surface area contributed by atoms with Crippen molar-refractivity contribution in [1.82, 2.24) is 9.97 Å². The van der Waals surface area contributed by atoms with Gasteiger partial charge >= 0.3 is 0 Å². The number of aromatic nitrogens is 2. The van der Waals surface area contributed by atoms with Gasteiger partial charge in [0, 0.05) is 28.4 Å². The van der Waals surface area contributed by atoms with E-state index in [1.165, 1.54) is 4.90 Å². The summed E-state index contributed by atoms with van der Waals surface area (Å²) in [6.07, 6.45) is 5.68. The molecule has 0 N–H and O–H groups in total. The van der Waals surface area contributed by atoms with E-state index in [1.807, 2.05) is 30.3 Å². The van der Waals surface area contributed by atoms with Crippen molar-refractivity contribution in [3.63, 3.8) is 0 Å². The summed E-state index contributed by atoms with van der Waals surface area (Å²) >= 11 is 1.73. The van der Waals surface area contributed by atoms with Gasteiger partial charge in [-0.15, -0.1) is 11.8 Å². The lowest BCUT2D eigenvalue weighted by Crippen LogP contribution is -1.90. The fourth-order valence-electron chi connectivity index (χ4n) is 2.05. The van der Waals surface area contributed by atoms with Crippen LogP contribution in [0.3, 0.4) is 0 Å². The number of nitrogens with zero attached hydrogens (tertiary/aromatic N) is 2. The Labute approximate surface area is 122 Å². The molecule has 98 valence electrons. The van der Waals surface area contributed by atoms with Gasteiger partial charge in [0.1, 0.15) is 0 Å². The van der Waals surface area contributed by atoms with Crippen LogP contribution in [0.1, 0.15) is 0 Å². The molecule has 0 unspecified atom stereocenters. The molecule has 0 radical (unpaired) electrons. The van der Waals surface area contributed by atoms with Crippen molar-refractivity contribution in [1.29, 1.82) is 0 Å². The molecule has 0 atom stereocenters. The minimum Gasteiger partial charge on any atom is -0.265 e. The molecule has 3 rings (SSSR count). The second kappa shape index (κ2) is 5.88. The fourth-order valence-corrected chi connectivity index (χ4v) is 2.51. The molecule has 0 amide bonds. The lowest BCUT2D eigenvalue weighted by molar-refractivity contribution is 1.25. The van der Waals surface area contributed by atoms with Gasteiger partial charge < -0.3 is 0 Å². The molecule has 0 spiro atoms. The van der Waals surface area contributed by atoms with Crippen molar-refractivity contribution >= 4 is 11.8 Å². The third kappa shape index (κ3) is 2.73. The van der Waals surface area contributed by atoms with E-state index >= 15 is 0 Å². The van der Waals surface area contributed by atoms with Gasteiger partial charge in [0.05, 0.1) is 11.4 Å². The molecule has 0 fully saturated rings. The Balaban J connectivity index is 2.13. The molecule has 1 aromatic carbocycles. The van der Waals surface area contributed by atoms with Gasteiger partial charge in [-0.1, -0.05) is 30.3 Å². The third-order valence-electron chi connectivity index (χ3n) is 3.08. The average Bonchev–Trinajstić information content (AvgIpc) is 2.56. The molecular formula is C17H14N2S. The first kappa shape index (κ1) is 12.9. The quantitative estimate of drug-likeness (QED) is 0.658. The number of rotatable bonds is 3. The molecule has 20 heavy (non-hydrogen) atoms. The number of thioether (sulfide) groups is 1. The van der Waals surface area contributed by atoms with Gasteiger partial charge in [-0.2, -0.15) is 0 Å². The van der Waals surface area contributed by atoms with Crippen molar-refractivity contribution in [2.45, 2.75) is 4.90 Å². The van der Waals surface area contributed by atoms with Crippen LogP contribution in [0.25, 0.3) is 22.5 Å². The monoisotopic (exact) mass is 278 g/mol. The van der Waals surface area contributed by atoms with Crippen LogP contribution in [0, 0.1) is 0 Å². The SMILES string of the molecule is CSc1cc(-c2ccccc2)nc(-c2ccncc2)c1. The first-order valence-corrected chi connectivity index (χ1v) is 7.61. The Bertz CT molecular complexity index is 639. The van der Waals surface area contributed by atoms with E-state index in [4.69, 9.17) is 4.98 Å². The van der Waals surface area contributed by atoms with Crippen LogP contribution in [0.4, 0.5) is 0 Å². The Hall–Kier alpha value is -2.13. The molecule has 3 aromatic rings. The highest BCUT2D eigenvalue weighted by atomic mass is 32.2.